The number of halogens is 1. The number of aliphatic hydroxyl groups excluding tert-OH is 1. The van der Waals surface area contributed by atoms with Crippen LogP contribution < -0.4 is 9.47 Å². The maximum atomic E-state index is 10.4. The highest BCUT2D eigenvalue weighted by Crippen LogP contribution is 2.42. The zero-order chi connectivity index (χ0) is 15.0. The molecule has 0 fully saturated rings. The lowest BCUT2D eigenvalue weighted by Crippen LogP contribution is -2.19. The zero-order valence-corrected chi connectivity index (χ0v) is 13.6. The summed E-state index contributed by atoms with van der Waals surface area (Å²) in [7, 11) is 1.62. The van der Waals surface area contributed by atoms with Crippen molar-refractivity contribution in [3.8, 4) is 11.5 Å². The van der Waals surface area contributed by atoms with Gasteiger partial charge < -0.3 is 14.6 Å². The Morgan fingerprint density at radius 1 is 1.24 bits per heavy atom. The van der Waals surface area contributed by atoms with Crippen molar-refractivity contribution in [1.82, 2.24) is 0 Å². The molecular weight excluding hydrogens is 332 g/mol. The van der Waals surface area contributed by atoms with Gasteiger partial charge in [0.25, 0.3) is 0 Å². The summed E-state index contributed by atoms with van der Waals surface area (Å²) in [6.07, 6.45) is -0.151. The van der Waals surface area contributed by atoms with Crippen molar-refractivity contribution in [2.75, 3.05) is 7.11 Å². The van der Waals surface area contributed by atoms with Crippen LogP contribution >= 0.6 is 15.9 Å². The Hall–Kier alpha value is -1.52. The van der Waals surface area contributed by atoms with Gasteiger partial charge in [-0.2, -0.15) is 0 Å². The van der Waals surface area contributed by atoms with Gasteiger partial charge in [0.1, 0.15) is 17.6 Å². The molecule has 2 aromatic carbocycles. The summed E-state index contributed by atoms with van der Waals surface area (Å²) in [6.45, 7) is 2.05. The maximum absolute atomic E-state index is 10.4. The first-order valence-corrected chi connectivity index (χ1v) is 7.66. The van der Waals surface area contributed by atoms with E-state index >= 15 is 0 Å². The monoisotopic (exact) mass is 348 g/mol. The normalized spacial score (nSPS) is 20.6. The molecule has 0 aliphatic carbocycles. The highest BCUT2D eigenvalue weighted by molar-refractivity contribution is 9.10. The van der Waals surface area contributed by atoms with Crippen LogP contribution in [0.25, 0.3) is 0 Å². The van der Waals surface area contributed by atoms with Crippen molar-refractivity contribution in [3.63, 3.8) is 0 Å². The van der Waals surface area contributed by atoms with Gasteiger partial charge in [-0.05, 0) is 42.3 Å². The number of methoxy groups -OCH3 is 1. The Bertz CT molecular complexity index is 669. The van der Waals surface area contributed by atoms with Crippen LogP contribution in [-0.4, -0.2) is 12.2 Å². The van der Waals surface area contributed by atoms with Crippen molar-refractivity contribution in [3.05, 3.63) is 57.6 Å². The van der Waals surface area contributed by atoms with Crippen molar-refractivity contribution in [2.24, 2.45) is 0 Å². The van der Waals surface area contributed by atoms with Gasteiger partial charge in [-0.15, -0.1) is 0 Å². The largest absolute Gasteiger partial charge is 0.497 e. The van der Waals surface area contributed by atoms with E-state index in [0.29, 0.717) is 6.42 Å². The molecule has 0 saturated carbocycles. The summed E-state index contributed by atoms with van der Waals surface area (Å²) in [4.78, 5) is 0. The lowest BCUT2D eigenvalue weighted by molar-refractivity contribution is 0.0654. The van der Waals surface area contributed by atoms with Crippen LogP contribution in [0.1, 0.15) is 35.3 Å². The minimum Gasteiger partial charge on any atom is -0.497 e. The summed E-state index contributed by atoms with van der Waals surface area (Å²) < 4.78 is 12.3. The molecule has 21 heavy (non-hydrogen) atoms. The van der Waals surface area contributed by atoms with E-state index in [0.717, 1.165) is 27.1 Å². The maximum Gasteiger partial charge on any atom is 0.127 e. The third kappa shape index (κ3) is 2.78. The minimum absolute atomic E-state index is 0.141. The average Bonchev–Trinajstić information content (AvgIpc) is 2.49. The van der Waals surface area contributed by atoms with Crippen molar-refractivity contribution in [1.29, 1.82) is 0 Å². The third-order valence-electron chi connectivity index (χ3n) is 3.85. The predicted octanol–water partition coefficient (Wildman–Crippen LogP) is 4.32. The Kier molecular flexibility index (Phi) is 3.91. The lowest BCUT2D eigenvalue weighted by atomic mass is 9.94. The molecule has 0 spiro atoms. The molecule has 3 rings (SSSR count). The Morgan fingerprint density at radius 3 is 2.76 bits per heavy atom. The molecule has 2 atom stereocenters. The van der Waals surface area contributed by atoms with Gasteiger partial charge in [0.2, 0.25) is 0 Å². The Balaban J connectivity index is 1.92. The fraction of sp³-hybridized carbons (Fsp3) is 0.294. The first kappa shape index (κ1) is 14.4. The molecule has 4 heteroatoms. The van der Waals surface area contributed by atoms with Gasteiger partial charge in [-0.3, -0.25) is 0 Å². The van der Waals surface area contributed by atoms with Crippen molar-refractivity contribution < 1.29 is 14.6 Å². The highest BCUT2D eigenvalue weighted by atomic mass is 79.9. The van der Waals surface area contributed by atoms with E-state index in [-0.39, 0.29) is 6.10 Å². The zero-order valence-electron chi connectivity index (χ0n) is 12.0. The van der Waals surface area contributed by atoms with Crippen LogP contribution in [0.4, 0.5) is 0 Å². The van der Waals surface area contributed by atoms with Crippen LogP contribution in [0.3, 0.4) is 0 Å². The topological polar surface area (TPSA) is 38.7 Å². The van der Waals surface area contributed by atoms with E-state index in [9.17, 15) is 5.11 Å². The van der Waals surface area contributed by atoms with Gasteiger partial charge in [-0.25, -0.2) is 0 Å². The number of ether oxygens (including phenoxy) is 2. The van der Waals surface area contributed by atoms with Crippen molar-refractivity contribution >= 4 is 15.9 Å². The Labute approximate surface area is 132 Å². The number of aliphatic hydroxyl groups is 1. The molecule has 0 radical (unpaired) electrons. The molecule has 110 valence electrons. The number of fused-ring (bicyclic) bond motifs is 1. The lowest BCUT2D eigenvalue weighted by Gasteiger charge is -2.30. The van der Waals surface area contributed by atoms with E-state index < -0.39 is 6.10 Å². The number of benzene rings is 2. The summed E-state index contributed by atoms with van der Waals surface area (Å²) >= 11 is 3.54. The molecule has 1 aliphatic rings. The van der Waals surface area contributed by atoms with Crippen LogP contribution in [0.5, 0.6) is 11.5 Å². The van der Waals surface area contributed by atoms with Gasteiger partial charge >= 0.3 is 0 Å². The summed E-state index contributed by atoms with van der Waals surface area (Å²) in [6, 6.07) is 11.7. The molecule has 1 unspecified atom stereocenters. The average molecular weight is 349 g/mol. The molecule has 0 bridgehead atoms. The van der Waals surface area contributed by atoms with Crippen LogP contribution in [-0.2, 0) is 0 Å². The van der Waals surface area contributed by atoms with Crippen LogP contribution in [0.15, 0.2) is 40.9 Å². The van der Waals surface area contributed by atoms with E-state index in [1.165, 1.54) is 5.56 Å². The SMILES string of the molecule is COc1ccc2c(c1)[C@H](O)CC(c1ccc(C)c(Br)c1)O2. The summed E-state index contributed by atoms with van der Waals surface area (Å²) in [5.41, 5.74) is 3.03. The second-order valence-electron chi connectivity index (χ2n) is 5.27. The standard InChI is InChI=1S/C17H17BrO3/c1-10-3-4-11(7-14(10)18)17-9-15(19)13-8-12(20-2)5-6-16(13)21-17/h3-8,15,17,19H,9H2,1-2H3/t15-,17?/m1/s1. The molecule has 1 heterocycles. The predicted molar refractivity (Wildman–Crippen MR) is 84.8 cm³/mol. The third-order valence-corrected chi connectivity index (χ3v) is 4.70. The number of hydrogen-bond donors (Lipinski definition) is 1. The molecular formula is C17H17BrO3. The molecule has 1 N–H and O–H groups in total. The van der Waals surface area contributed by atoms with E-state index in [1.54, 1.807) is 7.11 Å². The second kappa shape index (κ2) is 5.70. The Morgan fingerprint density at radius 2 is 2.05 bits per heavy atom. The highest BCUT2D eigenvalue weighted by Gasteiger charge is 2.28. The molecule has 0 aromatic heterocycles. The molecule has 3 nitrogen and oxygen atoms in total. The summed E-state index contributed by atoms with van der Waals surface area (Å²) in [5.74, 6) is 1.45. The molecule has 2 aromatic rings. The number of hydrogen-bond acceptors (Lipinski definition) is 3. The van der Waals surface area contributed by atoms with Gasteiger partial charge in [-0.1, -0.05) is 28.1 Å². The van der Waals surface area contributed by atoms with Gasteiger partial charge in [0, 0.05) is 16.5 Å². The fourth-order valence-electron chi connectivity index (χ4n) is 2.57. The van der Waals surface area contributed by atoms with E-state index in [2.05, 4.69) is 28.1 Å². The first-order chi connectivity index (χ1) is 10.1. The van der Waals surface area contributed by atoms with Crippen LogP contribution in [0.2, 0.25) is 0 Å². The molecule has 1 aliphatic heterocycles. The van der Waals surface area contributed by atoms with E-state index in [4.69, 9.17) is 9.47 Å². The number of aryl methyl sites for hydroxylation is 1. The molecule has 0 amide bonds. The number of rotatable bonds is 2. The fourth-order valence-corrected chi connectivity index (χ4v) is 2.96. The van der Waals surface area contributed by atoms with Gasteiger partial charge in [0.05, 0.1) is 13.2 Å². The van der Waals surface area contributed by atoms with Crippen molar-refractivity contribution in [2.45, 2.75) is 25.6 Å². The second-order valence-corrected chi connectivity index (χ2v) is 6.12. The summed E-state index contributed by atoms with van der Waals surface area (Å²) in [5, 5.41) is 10.4. The smallest absolute Gasteiger partial charge is 0.127 e. The quantitative estimate of drug-likeness (QED) is 0.877. The van der Waals surface area contributed by atoms with Crippen LogP contribution in [0, 0.1) is 6.92 Å². The minimum atomic E-state index is -0.547. The van der Waals surface area contributed by atoms with Gasteiger partial charge in [0.15, 0.2) is 0 Å². The van der Waals surface area contributed by atoms with E-state index in [1.807, 2.05) is 31.2 Å². The first-order valence-electron chi connectivity index (χ1n) is 6.87. The molecule has 0 saturated heterocycles.